The average Bonchev–Trinajstić information content (AvgIpc) is 2.85. The van der Waals surface area contributed by atoms with Crippen LogP contribution >= 0.6 is 11.3 Å². The van der Waals surface area contributed by atoms with E-state index in [9.17, 15) is 0 Å². The van der Waals surface area contributed by atoms with Gasteiger partial charge in [0.15, 0.2) is 0 Å². The molecule has 0 spiro atoms. The first-order chi connectivity index (χ1) is 9.76. The molecule has 0 fully saturated rings. The van der Waals surface area contributed by atoms with E-state index in [1.807, 2.05) is 18.4 Å². The summed E-state index contributed by atoms with van der Waals surface area (Å²) in [5.41, 5.74) is 2.56. The third kappa shape index (κ3) is 3.35. The molecule has 0 atom stereocenters. The fourth-order valence-corrected chi connectivity index (χ4v) is 3.87. The first-order valence-electron chi connectivity index (χ1n) is 7.47. The Balaban J connectivity index is 2.49. The lowest BCUT2D eigenvalue weighted by Crippen LogP contribution is -2.20. The van der Waals surface area contributed by atoms with Crippen molar-refractivity contribution in [2.24, 2.45) is 0 Å². The van der Waals surface area contributed by atoms with Gasteiger partial charge in [-0.2, -0.15) is 0 Å². The van der Waals surface area contributed by atoms with Gasteiger partial charge in [0.25, 0.3) is 0 Å². The van der Waals surface area contributed by atoms with E-state index >= 15 is 0 Å². The van der Waals surface area contributed by atoms with E-state index in [4.69, 9.17) is 4.98 Å². The second-order valence-electron chi connectivity index (χ2n) is 7.06. The maximum absolute atomic E-state index is 5.03. The summed E-state index contributed by atoms with van der Waals surface area (Å²) in [7, 11) is 1.99. The van der Waals surface area contributed by atoms with Gasteiger partial charge in [0.2, 0.25) is 0 Å². The normalized spacial score (nSPS) is 12.7. The van der Waals surface area contributed by atoms with E-state index in [1.54, 1.807) is 0 Å². The van der Waals surface area contributed by atoms with E-state index in [0.717, 1.165) is 6.54 Å². The Hall–Kier alpha value is -1.19. The van der Waals surface area contributed by atoms with Crippen molar-refractivity contribution in [3.05, 3.63) is 51.5 Å². The smallest absolute Gasteiger partial charge is 0.103 e. The molecule has 0 saturated heterocycles. The summed E-state index contributed by atoms with van der Waals surface area (Å²) in [4.78, 5) is 6.38. The molecular weight excluding hydrogens is 276 g/mol. The topological polar surface area (TPSA) is 24.9 Å². The van der Waals surface area contributed by atoms with Crippen LogP contribution < -0.4 is 5.32 Å². The van der Waals surface area contributed by atoms with Crippen molar-refractivity contribution in [1.82, 2.24) is 10.3 Å². The van der Waals surface area contributed by atoms with E-state index in [-0.39, 0.29) is 10.8 Å². The largest absolute Gasteiger partial charge is 0.315 e. The van der Waals surface area contributed by atoms with Crippen LogP contribution in [0.3, 0.4) is 0 Å². The molecule has 2 rings (SSSR count). The van der Waals surface area contributed by atoms with Crippen LogP contribution in [0.2, 0.25) is 0 Å². The van der Waals surface area contributed by atoms with Crippen molar-refractivity contribution < 1.29 is 0 Å². The first-order valence-corrected chi connectivity index (χ1v) is 8.29. The zero-order chi connectivity index (χ0) is 15.7. The molecule has 0 aliphatic carbocycles. The van der Waals surface area contributed by atoms with E-state index in [2.05, 4.69) is 70.3 Å². The standard InChI is InChI=1S/C18H26N2S/c1-17(2,3)15-14(12-19-6)21-16(20-15)18(4,5)13-10-8-7-9-11-13/h7-11,19H,12H2,1-6H3. The Bertz CT molecular complexity index is 591. The van der Waals surface area contributed by atoms with Crippen LogP contribution in [-0.2, 0) is 17.4 Å². The number of hydrogen-bond donors (Lipinski definition) is 1. The van der Waals surface area contributed by atoms with Gasteiger partial charge in [0, 0.05) is 22.3 Å². The Morgan fingerprint density at radius 1 is 1.05 bits per heavy atom. The van der Waals surface area contributed by atoms with Gasteiger partial charge in [-0.25, -0.2) is 4.98 Å². The van der Waals surface area contributed by atoms with Crippen LogP contribution in [0.4, 0.5) is 0 Å². The molecule has 0 unspecified atom stereocenters. The van der Waals surface area contributed by atoms with Crippen molar-refractivity contribution in [2.45, 2.75) is 52.0 Å². The summed E-state index contributed by atoms with van der Waals surface area (Å²) in [6.45, 7) is 12.1. The fraction of sp³-hybridized carbons (Fsp3) is 0.500. The van der Waals surface area contributed by atoms with Gasteiger partial charge in [-0.05, 0) is 26.5 Å². The highest BCUT2D eigenvalue weighted by Crippen LogP contribution is 2.38. The summed E-state index contributed by atoms with van der Waals surface area (Å²) in [6, 6.07) is 10.6. The lowest BCUT2D eigenvalue weighted by atomic mass is 9.85. The lowest BCUT2D eigenvalue weighted by molar-refractivity contribution is 0.551. The number of nitrogens with zero attached hydrogens (tertiary/aromatic N) is 1. The molecule has 0 radical (unpaired) electrons. The molecule has 114 valence electrons. The molecule has 1 heterocycles. The van der Waals surface area contributed by atoms with Gasteiger partial charge < -0.3 is 5.32 Å². The highest BCUT2D eigenvalue weighted by atomic mass is 32.1. The van der Waals surface area contributed by atoms with Crippen LogP contribution in [0.15, 0.2) is 30.3 Å². The molecule has 2 nitrogen and oxygen atoms in total. The molecule has 0 aliphatic rings. The highest BCUT2D eigenvalue weighted by Gasteiger charge is 2.31. The zero-order valence-electron chi connectivity index (χ0n) is 13.9. The third-order valence-electron chi connectivity index (χ3n) is 3.78. The SMILES string of the molecule is CNCc1sc(C(C)(C)c2ccccc2)nc1C(C)(C)C. The number of benzene rings is 1. The zero-order valence-corrected chi connectivity index (χ0v) is 14.8. The quantitative estimate of drug-likeness (QED) is 0.900. The minimum Gasteiger partial charge on any atom is -0.315 e. The molecular formula is C18H26N2S. The van der Waals surface area contributed by atoms with E-state index in [0.29, 0.717) is 0 Å². The average molecular weight is 302 g/mol. The number of nitrogens with one attached hydrogen (secondary N) is 1. The van der Waals surface area contributed by atoms with E-state index in [1.165, 1.54) is 21.1 Å². The molecule has 0 aliphatic heterocycles. The first kappa shape index (κ1) is 16.2. The number of rotatable bonds is 4. The molecule has 1 N–H and O–H groups in total. The van der Waals surface area contributed by atoms with Gasteiger partial charge in [-0.15, -0.1) is 11.3 Å². The second-order valence-corrected chi connectivity index (χ2v) is 8.15. The van der Waals surface area contributed by atoms with Crippen LogP contribution in [0.25, 0.3) is 0 Å². The molecule has 1 aromatic heterocycles. The predicted octanol–water partition coefficient (Wildman–Crippen LogP) is 4.49. The number of thiazole rings is 1. The predicted molar refractivity (Wildman–Crippen MR) is 92.1 cm³/mol. The summed E-state index contributed by atoms with van der Waals surface area (Å²) in [5, 5.41) is 4.47. The lowest BCUT2D eigenvalue weighted by Gasteiger charge is -2.23. The molecule has 0 saturated carbocycles. The van der Waals surface area contributed by atoms with Gasteiger partial charge in [-0.1, -0.05) is 51.1 Å². The molecule has 0 amide bonds. The van der Waals surface area contributed by atoms with Gasteiger partial charge in [-0.3, -0.25) is 0 Å². The Kier molecular flexibility index (Phi) is 4.54. The summed E-state index contributed by atoms with van der Waals surface area (Å²) < 4.78 is 0. The van der Waals surface area contributed by atoms with Gasteiger partial charge >= 0.3 is 0 Å². The Labute approximate surface area is 132 Å². The molecule has 21 heavy (non-hydrogen) atoms. The van der Waals surface area contributed by atoms with E-state index < -0.39 is 0 Å². The van der Waals surface area contributed by atoms with Gasteiger partial charge in [0.1, 0.15) is 5.01 Å². The fourth-order valence-electron chi connectivity index (χ4n) is 2.46. The van der Waals surface area contributed by atoms with Crippen molar-refractivity contribution >= 4 is 11.3 Å². The maximum atomic E-state index is 5.03. The van der Waals surface area contributed by atoms with Crippen LogP contribution in [-0.4, -0.2) is 12.0 Å². The van der Waals surface area contributed by atoms with Crippen molar-refractivity contribution in [1.29, 1.82) is 0 Å². The Morgan fingerprint density at radius 3 is 2.19 bits per heavy atom. The minimum atomic E-state index is -0.0576. The second kappa shape index (κ2) is 5.90. The maximum Gasteiger partial charge on any atom is 0.103 e. The number of aromatic nitrogens is 1. The van der Waals surface area contributed by atoms with Crippen molar-refractivity contribution in [2.75, 3.05) is 7.05 Å². The Morgan fingerprint density at radius 2 is 1.67 bits per heavy atom. The van der Waals surface area contributed by atoms with Crippen LogP contribution in [0, 0.1) is 0 Å². The van der Waals surface area contributed by atoms with Crippen LogP contribution in [0.5, 0.6) is 0 Å². The molecule has 0 bridgehead atoms. The summed E-state index contributed by atoms with van der Waals surface area (Å²) in [6.07, 6.45) is 0. The van der Waals surface area contributed by atoms with Crippen molar-refractivity contribution in [3.63, 3.8) is 0 Å². The molecule has 1 aromatic carbocycles. The van der Waals surface area contributed by atoms with Crippen molar-refractivity contribution in [3.8, 4) is 0 Å². The highest BCUT2D eigenvalue weighted by molar-refractivity contribution is 7.12. The number of hydrogen-bond acceptors (Lipinski definition) is 3. The molecule has 2 aromatic rings. The summed E-state index contributed by atoms with van der Waals surface area (Å²) in [5.74, 6) is 0. The monoisotopic (exact) mass is 302 g/mol. The van der Waals surface area contributed by atoms with Gasteiger partial charge in [0.05, 0.1) is 5.69 Å². The third-order valence-corrected chi connectivity index (χ3v) is 5.15. The minimum absolute atomic E-state index is 0.0576. The summed E-state index contributed by atoms with van der Waals surface area (Å²) >= 11 is 1.84. The van der Waals surface area contributed by atoms with Crippen LogP contribution in [0.1, 0.15) is 55.8 Å². The molecule has 3 heteroatoms.